The fraction of sp³-hybridized carbons (Fsp3) is 0.308. The highest BCUT2D eigenvalue weighted by molar-refractivity contribution is 6.01. The average molecular weight is 279 g/mol. The number of nitrogens with zero attached hydrogens (tertiary/aromatic N) is 2. The number of anilines is 1. The second-order valence-corrected chi connectivity index (χ2v) is 4.43. The Labute approximate surface area is 113 Å². The molecule has 0 bridgehead atoms. The summed E-state index contributed by atoms with van der Waals surface area (Å²) in [7, 11) is 1.34. The number of nitriles is 1. The predicted molar refractivity (Wildman–Crippen MR) is 65.5 cm³/mol. The van der Waals surface area contributed by atoms with Crippen molar-refractivity contribution in [1.82, 2.24) is 4.90 Å². The average Bonchev–Trinajstić information content (AvgIpc) is 2.44. The van der Waals surface area contributed by atoms with Crippen molar-refractivity contribution in [3.8, 4) is 6.07 Å². The second-order valence-electron chi connectivity index (χ2n) is 4.43. The molecule has 1 saturated heterocycles. The van der Waals surface area contributed by atoms with Crippen LogP contribution in [-0.4, -0.2) is 29.8 Å². The quantitative estimate of drug-likeness (QED) is 0.830. The first kappa shape index (κ1) is 13.9. The smallest absolute Gasteiger partial charge is 0.251 e. The molecule has 104 valence electrons. The molecule has 20 heavy (non-hydrogen) atoms. The number of carbonyl (C=O) groups excluding carboxylic acids is 2. The monoisotopic (exact) mass is 279 g/mol. The lowest BCUT2D eigenvalue weighted by molar-refractivity contribution is -0.146. The third-order valence-corrected chi connectivity index (χ3v) is 3.18. The van der Waals surface area contributed by atoms with E-state index in [0.717, 1.165) is 11.0 Å². The molecule has 0 aromatic heterocycles. The van der Waals surface area contributed by atoms with E-state index in [9.17, 15) is 18.4 Å². The van der Waals surface area contributed by atoms with Crippen LogP contribution in [0.4, 0.5) is 14.5 Å². The zero-order chi connectivity index (χ0) is 14.9. The summed E-state index contributed by atoms with van der Waals surface area (Å²) in [4.78, 5) is 24.1. The normalized spacial score (nSPS) is 18.9. The second kappa shape index (κ2) is 5.25. The number of amides is 2. The molecule has 1 N–H and O–H groups in total. The Kier molecular flexibility index (Phi) is 3.66. The zero-order valence-electron chi connectivity index (χ0n) is 10.6. The molecule has 7 heteroatoms. The van der Waals surface area contributed by atoms with E-state index in [-0.39, 0.29) is 24.4 Å². The van der Waals surface area contributed by atoms with Gasteiger partial charge in [-0.15, -0.1) is 0 Å². The maximum absolute atomic E-state index is 13.7. The number of nitrogens with one attached hydrogen (secondary N) is 1. The van der Waals surface area contributed by atoms with Crippen LogP contribution >= 0.6 is 0 Å². The molecule has 2 rings (SSSR count). The minimum Gasteiger partial charge on any atom is -0.371 e. The first-order valence-corrected chi connectivity index (χ1v) is 5.90. The molecule has 1 aliphatic heterocycles. The van der Waals surface area contributed by atoms with Gasteiger partial charge in [-0.1, -0.05) is 0 Å². The third kappa shape index (κ3) is 2.32. The summed E-state index contributed by atoms with van der Waals surface area (Å²) in [5, 5.41) is 11.2. The molecular weight excluding hydrogens is 268 g/mol. The Morgan fingerprint density at radius 1 is 1.35 bits per heavy atom. The van der Waals surface area contributed by atoms with Gasteiger partial charge in [-0.05, 0) is 18.6 Å². The number of carbonyl (C=O) groups is 2. The highest BCUT2D eigenvalue weighted by Gasteiger charge is 2.32. The lowest BCUT2D eigenvalue weighted by Gasteiger charge is -2.28. The van der Waals surface area contributed by atoms with Crippen LogP contribution in [-0.2, 0) is 9.59 Å². The molecule has 1 aromatic carbocycles. The highest BCUT2D eigenvalue weighted by atomic mass is 19.2. The zero-order valence-corrected chi connectivity index (χ0v) is 10.6. The number of hydrogen-bond donors (Lipinski definition) is 1. The molecule has 1 atom stereocenters. The van der Waals surface area contributed by atoms with Crippen LogP contribution < -0.4 is 5.32 Å². The van der Waals surface area contributed by atoms with E-state index < -0.39 is 29.1 Å². The van der Waals surface area contributed by atoms with Gasteiger partial charge in [-0.2, -0.15) is 5.26 Å². The van der Waals surface area contributed by atoms with Crippen molar-refractivity contribution in [2.45, 2.75) is 18.9 Å². The van der Waals surface area contributed by atoms with Gasteiger partial charge in [-0.3, -0.25) is 14.5 Å². The van der Waals surface area contributed by atoms with Crippen LogP contribution in [0.15, 0.2) is 12.1 Å². The summed E-state index contributed by atoms with van der Waals surface area (Å²) in [6.45, 7) is 0. The van der Waals surface area contributed by atoms with Gasteiger partial charge in [0.1, 0.15) is 12.1 Å². The van der Waals surface area contributed by atoms with Crippen LogP contribution in [0.5, 0.6) is 0 Å². The molecule has 2 amide bonds. The predicted octanol–water partition coefficient (Wildman–Crippen LogP) is 1.40. The summed E-state index contributed by atoms with van der Waals surface area (Å²) < 4.78 is 27.2. The Hall–Kier alpha value is -2.49. The van der Waals surface area contributed by atoms with Gasteiger partial charge in [0.2, 0.25) is 5.91 Å². The fourth-order valence-corrected chi connectivity index (χ4v) is 1.98. The van der Waals surface area contributed by atoms with E-state index in [2.05, 4.69) is 5.32 Å². The highest BCUT2D eigenvalue weighted by Crippen LogP contribution is 2.23. The molecule has 1 aromatic rings. The molecule has 1 fully saturated rings. The molecule has 1 heterocycles. The summed E-state index contributed by atoms with van der Waals surface area (Å²) in [6, 6.07) is 3.06. The largest absolute Gasteiger partial charge is 0.371 e. The topological polar surface area (TPSA) is 73.2 Å². The number of rotatable bonds is 2. The van der Waals surface area contributed by atoms with Gasteiger partial charge >= 0.3 is 0 Å². The molecule has 5 nitrogen and oxygen atoms in total. The van der Waals surface area contributed by atoms with E-state index >= 15 is 0 Å². The number of piperidine rings is 1. The van der Waals surface area contributed by atoms with Gasteiger partial charge in [0.25, 0.3) is 5.91 Å². The first-order valence-electron chi connectivity index (χ1n) is 5.90. The van der Waals surface area contributed by atoms with Gasteiger partial charge < -0.3 is 5.32 Å². The van der Waals surface area contributed by atoms with Gasteiger partial charge in [0.05, 0.1) is 11.3 Å². The van der Waals surface area contributed by atoms with E-state index in [0.29, 0.717) is 0 Å². The minimum absolute atomic E-state index is 0.153. The Balaban J connectivity index is 2.23. The van der Waals surface area contributed by atoms with Crippen LogP contribution in [0.25, 0.3) is 0 Å². The van der Waals surface area contributed by atoms with Gasteiger partial charge in [-0.25, -0.2) is 8.78 Å². The maximum atomic E-state index is 13.7. The van der Waals surface area contributed by atoms with Gasteiger partial charge in [0.15, 0.2) is 11.6 Å². The number of hydrogen-bond acceptors (Lipinski definition) is 4. The third-order valence-electron chi connectivity index (χ3n) is 3.18. The van der Waals surface area contributed by atoms with Crippen molar-refractivity contribution in [3.05, 3.63) is 29.3 Å². The van der Waals surface area contributed by atoms with Crippen LogP contribution in [0.2, 0.25) is 0 Å². The summed E-state index contributed by atoms with van der Waals surface area (Å²) in [6.07, 6.45) is 0.364. The van der Waals surface area contributed by atoms with Crippen molar-refractivity contribution in [2.75, 3.05) is 12.4 Å². The summed E-state index contributed by atoms with van der Waals surface area (Å²) in [5.41, 5.74) is -0.613. The van der Waals surface area contributed by atoms with Gasteiger partial charge in [0, 0.05) is 13.5 Å². The Morgan fingerprint density at radius 3 is 2.70 bits per heavy atom. The number of imide groups is 1. The van der Waals surface area contributed by atoms with Crippen molar-refractivity contribution in [1.29, 1.82) is 5.26 Å². The molecule has 1 unspecified atom stereocenters. The van der Waals surface area contributed by atoms with Crippen LogP contribution in [0.3, 0.4) is 0 Å². The number of likely N-dealkylation sites (tertiary alicyclic amines) is 1. The minimum atomic E-state index is -1.26. The Bertz CT molecular complexity index is 625. The standard InChI is InChI=1S/C13H11F2N3O2/c1-18-10(19)5-4-9(13(18)20)17-8-3-2-7(6-16)11(14)12(8)15/h2-3,9,17H,4-5H2,1H3. The van der Waals surface area contributed by atoms with E-state index in [1.54, 1.807) is 0 Å². The van der Waals surface area contributed by atoms with E-state index in [4.69, 9.17) is 5.26 Å². The molecule has 0 saturated carbocycles. The molecule has 1 aliphatic rings. The van der Waals surface area contributed by atoms with E-state index in [1.807, 2.05) is 0 Å². The lowest BCUT2D eigenvalue weighted by atomic mass is 10.0. The van der Waals surface area contributed by atoms with Crippen molar-refractivity contribution in [3.63, 3.8) is 0 Å². The number of likely N-dealkylation sites (N-methyl/N-ethyl adjacent to an activating group) is 1. The maximum Gasteiger partial charge on any atom is 0.251 e. The molecular formula is C13H11F2N3O2. The van der Waals surface area contributed by atoms with Crippen LogP contribution in [0, 0.1) is 23.0 Å². The lowest BCUT2D eigenvalue weighted by Crippen LogP contribution is -2.48. The molecule has 0 spiro atoms. The molecule has 0 radical (unpaired) electrons. The van der Waals surface area contributed by atoms with E-state index in [1.165, 1.54) is 19.2 Å². The SMILES string of the molecule is CN1C(=O)CCC(Nc2ccc(C#N)c(F)c2F)C1=O. The summed E-state index contributed by atoms with van der Waals surface area (Å²) >= 11 is 0. The van der Waals surface area contributed by atoms with Crippen molar-refractivity contribution >= 4 is 17.5 Å². The van der Waals surface area contributed by atoms with Crippen LogP contribution in [0.1, 0.15) is 18.4 Å². The van der Waals surface area contributed by atoms with Crippen molar-refractivity contribution in [2.24, 2.45) is 0 Å². The Morgan fingerprint density at radius 2 is 2.05 bits per heavy atom. The number of benzene rings is 1. The number of halogens is 2. The fourth-order valence-electron chi connectivity index (χ4n) is 1.98. The van der Waals surface area contributed by atoms with Crippen molar-refractivity contribution < 1.29 is 18.4 Å². The summed E-state index contributed by atoms with van der Waals surface area (Å²) in [5.74, 6) is -3.27. The first-order chi connectivity index (χ1) is 9.45. The molecule has 0 aliphatic carbocycles.